The van der Waals surface area contributed by atoms with Crippen LogP contribution in [0, 0.1) is 11.3 Å². The molecule has 1 aromatic carbocycles. The summed E-state index contributed by atoms with van der Waals surface area (Å²) in [6.45, 7) is 2.35. The third-order valence-corrected chi connectivity index (χ3v) is 2.13. The van der Waals surface area contributed by atoms with Gasteiger partial charge >= 0.3 is 0 Å². The minimum atomic E-state index is 0.0109. The van der Waals surface area contributed by atoms with Crippen molar-refractivity contribution < 1.29 is 14.2 Å². The van der Waals surface area contributed by atoms with Crippen molar-refractivity contribution in [2.75, 3.05) is 20.8 Å². The first-order valence-electron chi connectivity index (χ1n) is 4.94. The van der Waals surface area contributed by atoms with Gasteiger partial charge in [-0.15, -0.1) is 0 Å². The van der Waals surface area contributed by atoms with Gasteiger partial charge in [-0.2, -0.15) is 5.26 Å². The van der Waals surface area contributed by atoms with Crippen molar-refractivity contribution in [1.29, 1.82) is 5.26 Å². The predicted molar refractivity (Wildman–Crippen MR) is 59.7 cm³/mol. The van der Waals surface area contributed by atoms with E-state index in [1.165, 1.54) is 0 Å². The summed E-state index contributed by atoms with van der Waals surface area (Å²) in [5, 5.41) is 8.82. The zero-order valence-corrected chi connectivity index (χ0v) is 9.69. The molecular formula is C12H15NO3. The normalized spacial score (nSPS) is 11.6. The smallest absolute Gasteiger partial charge is 0.124 e. The van der Waals surface area contributed by atoms with E-state index in [1.54, 1.807) is 32.4 Å². The van der Waals surface area contributed by atoms with Crippen molar-refractivity contribution in [2.24, 2.45) is 0 Å². The minimum Gasteiger partial charge on any atom is -0.497 e. The highest BCUT2D eigenvalue weighted by atomic mass is 16.5. The lowest BCUT2D eigenvalue weighted by Crippen LogP contribution is -2.15. The van der Waals surface area contributed by atoms with Crippen LogP contribution in [0.3, 0.4) is 0 Å². The standard InChI is InChI=1S/C12H15NO3/c1-9(14-2)8-16-12-5-10(7-13)4-11(6-12)15-3/h4-6,9H,8H2,1-3H3. The summed E-state index contributed by atoms with van der Waals surface area (Å²) < 4.78 is 15.6. The van der Waals surface area contributed by atoms with Crippen molar-refractivity contribution in [3.8, 4) is 17.6 Å². The summed E-state index contributed by atoms with van der Waals surface area (Å²) in [5.41, 5.74) is 0.513. The maximum atomic E-state index is 8.82. The van der Waals surface area contributed by atoms with E-state index in [9.17, 15) is 0 Å². The maximum absolute atomic E-state index is 8.82. The fourth-order valence-corrected chi connectivity index (χ4v) is 1.12. The number of benzene rings is 1. The molecule has 0 amide bonds. The second-order valence-electron chi connectivity index (χ2n) is 3.37. The Labute approximate surface area is 95.4 Å². The second kappa shape index (κ2) is 5.99. The van der Waals surface area contributed by atoms with Gasteiger partial charge in [-0.1, -0.05) is 0 Å². The maximum Gasteiger partial charge on any atom is 0.124 e. The van der Waals surface area contributed by atoms with E-state index in [0.29, 0.717) is 23.7 Å². The lowest BCUT2D eigenvalue weighted by atomic mass is 10.2. The van der Waals surface area contributed by atoms with Crippen LogP contribution < -0.4 is 9.47 Å². The van der Waals surface area contributed by atoms with Gasteiger partial charge in [0, 0.05) is 13.2 Å². The van der Waals surface area contributed by atoms with E-state index in [0.717, 1.165) is 0 Å². The molecular weight excluding hydrogens is 206 g/mol. The van der Waals surface area contributed by atoms with Crippen LogP contribution in [0.15, 0.2) is 18.2 Å². The molecule has 0 saturated heterocycles. The highest BCUT2D eigenvalue weighted by molar-refractivity contribution is 5.43. The molecule has 0 spiro atoms. The fourth-order valence-electron chi connectivity index (χ4n) is 1.12. The summed E-state index contributed by atoms with van der Waals surface area (Å²) in [6.07, 6.45) is 0.0109. The van der Waals surface area contributed by atoms with E-state index in [1.807, 2.05) is 6.92 Å². The van der Waals surface area contributed by atoms with Gasteiger partial charge in [-0.05, 0) is 19.1 Å². The first-order valence-corrected chi connectivity index (χ1v) is 4.94. The summed E-state index contributed by atoms with van der Waals surface area (Å²) >= 11 is 0. The van der Waals surface area contributed by atoms with Gasteiger partial charge in [-0.25, -0.2) is 0 Å². The molecule has 1 rings (SSSR count). The fraction of sp³-hybridized carbons (Fsp3) is 0.417. The Morgan fingerprint density at radius 2 is 1.94 bits per heavy atom. The molecule has 16 heavy (non-hydrogen) atoms. The van der Waals surface area contributed by atoms with Gasteiger partial charge in [0.15, 0.2) is 0 Å². The number of hydrogen-bond acceptors (Lipinski definition) is 4. The molecule has 1 unspecified atom stereocenters. The second-order valence-corrected chi connectivity index (χ2v) is 3.37. The van der Waals surface area contributed by atoms with Gasteiger partial charge < -0.3 is 14.2 Å². The van der Waals surface area contributed by atoms with Crippen LogP contribution in [0.1, 0.15) is 12.5 Å². The quantitative estimate of drug-likeness (QED) is 0.762. The van der Waals surface area contributed by atoms with E-state index in [4.69, 9.17) is 19.5 Å². The molecule has 0 aliphatic heterocycles. The van der Waals surface area contributed by atoms with Gasteiger partial charge in [0.2, 0.25) is 0 Å². The van der Waals surface area contributed by atoms with Crippen molar-refractivity contribution in [2.45, 2.75) is 13.0 Å². The third kappa shape index (κ3) is 3.44. The SMILES string of the molecule is COc1cc(C#N)cc(OCC(C)OC)c1. The number of hydrogen-bond donors (Lipinski definition) is 0. The molecule has 86 valence electrons. The molecule has 1 atom stereocenters. The Morgan fingerprint density at radius 3 is 2.50 bits per heavy atom. The van der Waals surface area contributed by atoms with Crippen molar-refractivity contribution in [1.82, 2.24) is 0 Å². The summed E-state index contributed by atoms with van der Waals surface area (Å²) in [4.78, 5) is 0. The predicted octanol–water partition coefficient (Wildman–Crippen LogP) is 1.98. The zero-order chi connectivity index (χ0) is 12.0. The molecule has 0 saturated carbocycles. The lowest BCUT2D eigenvalue weighted by Gasteiger charge is -2.12. The van der Waals surface area contributed by atoms with Crippen molar-refractivity contribution in [3.63, 3.8) is 0 Å². The molecule has 4 heteroatoms. The molecule has 0 aromatic heterocycles. The Hall–Kier alpha value is -1.73. The summed E-state index contributed by atoms with van der Waals surface area (Å²) in [7, 11) is 3.18. The van der Waals surface area contributed by atoms with Crippen LogP contribution >= 0.6 is 0 Å². The average molecular weight is 221 g/mol. The largest absolute Gasteiger partial charge is 0.497 e. The number of rotatable bonds is 5. The first-order chi connectivity index (χ1) is 7.69. The Morgan fingerprint density at radius 1 is 1.25 bits per heavy atom. The number of nitriles is 1. The topological polar surface area (TPSA) is 51.5 Å². The molecule has 0 radical (unpaired) electrons. The molecule has 1 aromatic rings. The zero-order valence-electron chi connectivity index (χ0n) is 9.69. The molecule has 0 aliphatic carbocycles. The lowest BCUT2D eigenvalue weighted by molar-refractivity contribution is 0.0716. The Balaban J connectivity index is 2.76. The van der Waals surface area contributed by atoms with Gasteiger partial charge in [0.25, 0.3) is 0 Å². The molecule has 0 fully saturated rings. The Bertz CT molecular complexity index is 384. The summed E-state index contributed by atoms with van der Waals surface area (Å²) in [6, 6.07) is 7.12. The molecule has 0 N–H and O–H groups in total. The highest BCUT2D eigenvalue weighted by Gasteiger charge is 2.04. The van der Waals surface area contributed by atoms with Crippen molar-refractivity contribution >= 4 is 0 Å². The van der Waals surface area contributed by atoms with Gasteiger partial charge in [0.05, 0.1) is 24.8 Å². The van der Waals surface area contributed by atoms with Crippen molar-refractivity contribution in [3.05, 3.63) is 23.8 Å². The highest BCUT2D eigenvalue weighted by Crippen LogP contribution is 2.22. The van der Waals surface area contributed by atoms with Crippen LogP contribution in [0.4, 0.5) is 0 Å². The molecule has 0 bridgehead atoms. The monoisotopic (exact) mass is 221 g/mol. The molecule has 4 nitrogen and oxygen atoms in total. The summed E-state index contributed by atoms with van der Waals surface area (Å²) in [5.74, 6) is 1.22. The number of methoxy groups -OCH3 is 2. The average Bonchev–Trinajstić information content (AvgIpc) is 2.35. The van der Waals surface area contributed by atoms with Crippen LogP contribution in [0.25, 0.3) is 0 Å². The van der Waals surface area contributed by atoms with Crippen LogP contribution in [0.2, 0.25) is 0 Å². The minimum absolute atomic E-state index is 0.0109. The number of nitrogens with zero attached hydrogens (tertiary/aromatic N) is 1. The van der Waals surface area contributed by atoms with Gasteiger partial charge in [-0.3, -0.25) is 0 Å². The molecule has 0 aliphatic rings. The van der Waals surface area contributed by atoms with E-state index < -0.39 is 0 Å². The van der Waals surface area contributed by atoms with Crippen LogP contribution in [-0.4, -0.2) is 26.9 Å². The van der Waals surface area contributed by atoms with E-state index in [-0.39, 0.29) is 6.10 Å². The van der Waals surface area contributed by atoms with E-state index in [2.05, 4.69) is 6.07 Å². The first kappa shape index (κ1) is 12.3. The van der Waals surface area contributed by atoms with Crippen LogP contribution in [0.5, 0.6) is 11.5 Å². The third-order valence-electron chi connectivity index (χ3n) is 2.13. The molecule has 0 heterocycles. The Kier molecular flexibility index (Phi) is 4.62. The van der Waals surface area contributed by atoms with Crippen LogP contribution in [-0.2, 0) is 4.74 Å². The van der Waals surface area contributed by atoms with Gasteiger partial charge in [0.1, 0.15) is 18.1 Å². The van der Waals surface area contributed by atoms with E-state index >= 15 is 0 Å². The number of ether oxygens (including phenoxy) is 3.